The maximum absolute atomic E-state index is 14.9. The minimum Gasteiger partial charge on any atom is -0.370 e. The fourth-order valence-electron chi connectivity index (χ4n) is 9.39. The van der Waals surface area contributed by atoms with Gasteiger partial charge in [-0.25, -0.2) is 0 Å². The Bertz CT molecular complexity index is 2410. The summed E-state index contributed by atoms with van der Waals surface area (Å²) in [5, 5.41) is 19.0. The maximum Gasteiger partial charge on any atom is 0.246 e. The van der Waals surface area contributed by atoms with E-state index in [0.29, 0.717) is 24.8 Å². The molecule has 25 heteroatoms. The summed E-state index contributed by atoms with van der Waals surface area (Å²) in [5.41, 5.74) is 23.2. The molecule has 0 aromatic heterocycles. The number of guanidine groups is 1. The van der Waals surface area contributed by atoms with E-state index in [0.717, 1.165) is 24.8 Å². The Labute approximate surface area is 450 Å². The minimum atomic E-state index is -1.65. The quantitative estimate of drug-likeness (QED) is 0.0394. The van der Waals surface area contributed by atoms with E-state index in [1.165, 1.54) is 26.5 Å². The van der Waals surface area contributed by atoms with Crippen LogP contribution in [0, 0.1) is 5.92 Å². The first-order valence-corrected chi connectivity index (χ1v) is 28.0. The number of primary amides is 2. The van der Waals surface area contributed by atoms with Crippen molar-refractivity contribution in [3.8, 4) is 0 Å². The Balaban J connectivity index is 1.51. The number of benzene rings is 2. The van der Waals surface area contributed by atoms with Crippen LogP contribution in [0.15, 0.2) is 65.7 Å². The molecule has 3 fully saturated rings. The lowest BCUT2D eigenvalue weighted by molar-refractivity contribution is -0.142. The highest BCUT2D eigenvalue weighted by Crippen LogP contribution is 2.48. The van der Waals surface area contributed by atoms with Gasteiger partial charge in [0.15, 0.2) is 5.96 Å². The van der Waals surface area contributed by atoms with Crippen molar-refractivity contribution in [2.75, 3.05) is 25.4 Å². The van der Waals surface area contributed by atoms with Gasteiger partial charge in [-0.05, 0) is 55.6 Å². The van der Waals surface area contributed by atoms with Gasteiger partial charge in [-0.2, -0.15) is 0 Å². The Morgan fingerprint density at radius 3 is 1.92 bits per heavy atom. The van der Waals surface area contributed by atoms with Crippen molar-refractivity contribution in [3.63, 3.8) is 0 Å². The summed E-state index contributed by atoms with van der Waals surface area (Å²) in [5.74, 6) is -8.39. The summed E-state index contributed by atoms with van der Waals surface area (Å²) in [6.45, 7) is 3.00. The van der Waals surface area contributed by atoms with Gasteiger partial charge in [0.2, 0.25) is 59.1 Å². The number of nitrogens with zero attached hydrogens (tertiary/aromatic N) is 2. The highest BCUT2D eigenvalue weighted by atomic mass is 33.1. The lowest BCUT2D eigenvalue weighted by atomic mass is 9.85. The van der Waals surface area contributed by atoms with E-state index >= 15 is 0 Å². The van der Waals surface area contributed by atoms with Gasteiger partial charge >= 0.3 is 0 Å². The zero-order chi connectivity index (χ0) is 55.4. The number of hydrogen-bond donors (Lipinski definition) is 11. The standard InChI is InChI=1S/C51H73N13O10S2/c1-30(2)42-48(73)61-36(26-39(52)65)45(70)62-37(49(74)64-23-13-19-38(64)47(72)59-33(18-12-22-56-50(54)55)43(68)57-28-40(53)66)29-75-76-51(20-10-5-11-21-51)27-41(67)58-34(24-31-14-6-3-7-15-31)44(69)60-35(46(71)63-42)25-32-16-8-4-9-17-32/h3-4,6-9,14-17,30,33-38,42H,5,10-13,18-29H2,1-2H3,(H2,52,65)(H2,53,66)(H,57,68)(H,58,67)(H,59,72)(H,60,69)(H,61,73)(H,62,70)(H,63,71)(H4,54,55,56)/t33-,34?,35-,36?,37+,38-,42?/m0/s1. The highest BCUT2D eigenvalue weighted by Gasteiger charge is 2.42. The van der Waals surface area contributed by atoms with E-state index in [1.807, 2.05) is 30.3 Å². The van der Waals surface area contributed by atoms with Crippen LogP contribution in [0.25, 0.3) is 0 Å². The molecule has 1 spiro atoms. The van der Waals surface area contributed by atoms with Gasteiger partial charge in [-0.15, -0.1) is 0 Å². The van der Waals surface area contributed by atoms with Gasteiger partial charge in [0.25, 0.3) is 0 Å². The molecule has 5 rings (SSSR count). The molecule has 7 atom stereocenters. The van der Waals surface area contributed by atoms with Crippen LogP contribution in [0.4, 0.5) is 0 Å². The second-order valence-electron chi connectivity index (χ2n) is 19.8. The number of aliphatic imine (C=N–C) groups is 1. The van der Waals surface area contributed by atoms with Crippen LogP contribution >= 0.6 is 21.6 Å². The molecule has 15 N–H and O–H groups in total. The summed E-state index contributed by atoms with van der Waals surface area (Å²) in [6, 6.07) is 8.97. The fraction of sp³-hybridized carbons (Fsp3) is 0.549. The highest BCUT2D eigenvalue weighted by molar-refractivity contribution is 8.77. The molecule has 2 aromatic rings. The van der Waals surface area contributed by atoms with Gasteiger partial charge in [-0.1, -0.05) is 115 Å². The average Bonchev–Trinajstić information content (AvgIpc) is 3.87. The van der Waals surface area contributed by atoms with Crippen LogP contribution in [0.2, 0.25) is 0 Å². The molecule has 0 bridgehead atoms. The lowest BCUT2D eigenvalue weighted by Gasteiger charge is -2.37. The van der Waals surface area contributed by atoms with Crippen molar-refractivity contribution in [2.24, 2.45) is 33.8 Å². The lowest BCUT2D eigenvalue weighted by Crippen LogP contribution is -2.61. The zero-order valence-corrected chi connectivity index (χ0v) is 44.6. The van der Waals surface area contributed by atoms with E-state index in [-0.39, 0.29) is 63.3 Å². The molecule has 1 saturated carbocycles. The molecular formula is C51H73N13O10S2. The first-order valence-electron chi connectivity index (χ1n) is 25.6. The number of amides is 10. The number of carbonyl (C=O) groups excluding carboxylic acids is 10. The summed E-state index contributed by atoms with van der Waals surface area (Å²) in [4.78, 5) is 144. The molecule has 23 nitrogen and oxygen atoms in total. The van der Waals surface area contributed by atoms with E-state index in [9.17, 15) is 47.9 Å². The second kappa shape index (κ2) is 29.4. The fourth-order valence-corrected chi connectivity index (χ4v) is 12.8. The molecule has 3 aliphatic rings. The van der Waals surface area contributed by atoms with Crippen LogP contribution in [0.5, 0.6) is 0 Å². The van der Waals surface area contributed by atoms with Crippen LogP contribution in [0.1, 0.15) is 95.6 Å². The maximum atomic E-state index is 14.9. The first-order chi connectivity index (χ1) is 36.2. The predicted molar refractivity (Wildman–Crippen MR) is 288 cm³/mol. The van der Waals surface area contributed by atoms with Crippen molar-refractivity contribution < 1.29 is 47.9 Å². The molecule has 10 amide bonds. The third kappa shape index (κ3) is 18.7. The Morgan fingerprint density at radius 2 is 1.33 bits per heavy atom. The molecule has 2 aliphatic heterocycles. The van der Waals surface area contributed by atoms with Crippen LogP contribution in [-0.2, 0) is 60.8 Å². The Kier molecular flexibility index (Phi) is 23.2. The van der Waals surface area contributed by atoms with E-state index in [4.69, 9.17) is 22.9 Å². The number of rotatable bonds is 17. The van der Waals surface area contributed by atoms with Gasteiger partial charge < -0.3 is 65.1 Å². The number of nitrogens with one attached hydrogen (secondary N) is 7. The summed E-state index contributed by atoms with van der Waals surface area (Å²) in [6.07, 6.45) is 3.93. The normalized spacial score (nSPS) is 23.4. The number of likely N-dealkylation sites (tertiary alicyclic amines) is 1. The van der Waals surface area contributed by atoms with Crippen molar-refractivity contribution in [1.82, 2.24) is 42.1 Å². The number of hydrogen-bond acceptors (Lipinski definition) is 13. The van der Waals surface area contributed by atoms with E-state index in [1.54, 1.807) is 44.2 Å². The third-order valence-electron chi connectivity index (χ3n) is 13.3. The smallest absolute Gasteiger partial charge is 0.246 e. The van der Waals surface area contributed by atoms with Crippen LogP contribution in [0.3, 0.4) is 0 Å². The van der Waals surface area contributed by atoms with Crippen LogP contribution < -0.4 is 60.2 Å². The van der Waals surface area contributed by atoms with Gasteiger partial charge in [0.05, 0.1) is 13.0 Å². The minimum absolute atomic E-state index is 0.00303. The largest absolute Gasteiger partial charge is 0.370 e. The number of carbonyl (C=O) groups is 10. The molecule has 0 radical (unpaired) electrons. The average molecular weight is 1090 g/mol. The molecule has 3 unspecified atom stereocenters. The summed E-state index contributed by atoms with van der Waals surface area (Å²) in [7, 11) is 2.60. The van der Waals surface area contributed by atoms with Crippen molar-refractivity contribution >= 4 is 86.6 Å². The van der Waals surface area contributed by atoms with E-state index in [2.05, 4.69) is 42.2 Å². The molecule has 2 saturated heterocycles. The van der Waals surface area contributed by atoms with Crippen LogP contribution in [-0.4, -0.2) is 142 Å². The molecular weight excluding hydrogens is 1020 g/mol. The molecule has 1 aliphatic carbocycles. The van der Waals surface area contributed by atoms with Gasteiger partial charge in [0.1, 0.15) is 42.3 Å². The van der Waals surface area contributed by atoms with Gasteiger partial charge in [-0.3, -0.25) is 52.9 Å². The monoisotopic (exact) mass is 1090 g/mol. The Hall–Kier alpha value is -6.89. The number of nitrogens with two attached hydrogens (primary N) is 4. The first kappa shape index (κ1) is 60.0. The second-order valence-corrected chi connectivity index (χ2v) is 22.6. The summed E-state index contributed by atoms with van der Waals surface area (Å²) >= 11 is 0. The van der Waals surface area contributed by atoms with Crippen molar-refractivity contribution in [1.29, 1.82) is 0 Å². The third-order valence-corrected chi connectivity index (χ3v) is 16.6. The van der Waals surface area contributed by atoms with Crippen molar-refractivity contribution in [3.05, 3.63) is 71.8 Å². The molecule has 76 heavy (non-hydrogen) atoms. The molecule has 2 aromatic carbocycles. The predicted octanol–water partition coefficient (Wildman–Crippen LogP) is -0.954. The molecule has 414 valence electrons. The SMILES string of the molecule is CC(C)C1NC(=O)[C@H](Cc2ccccc2)NC(=O)C(Cc2ccccc2)NC(=O)CC2(CCCCC2)SSC[C@H](C(=O)N2CCC[C@H]2C(=O)N[C@@H](CCCN=C(N)N)C(=O)NCC(N)=O)NC(=O)C(CC(N)=O)NC1=O. The van der Waals surface area contributed by atoms with Gasteiger partial charge in [0, 0.05) is 42.9 Å². The zero-order valence-electron chi connectivity index (χ0n) is 43.0. The topological polar surface area (TPSA) is 375 Å². The summed E-state index contributed by atoms with van der Waals surface area (Å²) < 4.78 is -0.690. The Morgan fingerprint density at radius 1 is 0.737 bits per heavy atom. The molecule has 2 heterocycles. The van der Waals surface area contributed by atoms with Crippen molar-refractivity contribution in [2.45, 2.75) is 144 Å². The van der Waals surface area contributed by atoms with E-state index < -0.39 is 125 Å².